The Morgan fingerprint density at radius 1 is 0.969 bits per heavy atom. The molecule has 0 aliphatic carbocycles. The quantitative estimate of drug-likeness (QED) is 0.353. The molecule has 3 aromatic rings. The smallest absolute Gasteiger partial charge is 0.243 e. The molecule has 168 valence electrons. The maximum Gasteiger partial charge on any atom is 0.243 e. The first-order chi connectivity index (χ1) is 15.2. The number of hydrogen-bond donors (Lipinski definition) is 1. The second kappa shape index (κ2) is 10.9. The van der Waals surface area contributed by atoms with Crippen molar-refractivity contribution < 1.29 is 13.2 Å². The standard InChI is InChI=1S/C22H19Cl3N2O3S2/c1-31-17-5-2-4-16(12-17)26-22(28)14-27(13-19-20(24)6-3-7-21(19)25)32(29,30)18-10-8-15(23)9-11-18/h2-12H,13-14H2,1H3,(H,26,28). The molecule has 10 heteroatoms. The normalized spacial score (nSPS) is 11.5. The molecule has 3 aromatic carbocycles. The molecule has 32 heavy (non-hydrogen) atoms. The topological polar surface area (TPSA) is 66.5 Å². The monoisotopic (exact) mass is 528 g/mol. The maximum absolute atomic E-state index is 13.4. The summed E-state index contributed by atoms with van der Waals surface area (Å²) in [7, 11) is -4.06. The predicted molar refractivity (Wildman–Crippen MR) is 132 cm³/mol. The largest absolute Gasteiger partial charge is 0.325 e. The lowest BCUT2D eigenvalue weighted by Gasteiger charge is -2.23. The van der Waals surface area contributed by atoms with Crippen LogP contribution >= 0.6 is 46.6 Å². The lowest BCUT2D eigenvalue weighted by Crippen LogP contribution is -2.37. The Balaban J connectivity index is 1.92. The Bertz CT molecular complexity index is 1200. The minimum absolute atomic E-state index is 0.00209. The van der Waals surface area contributed by atoms with Crippen molar-refractivity contribution in [1.29, 1.82) is 0 Å². The molecule has 5 nitrogen and oxygen atoms in total. The van der Waals surface area contributed by atoms with Crippen LogP contribution in [0, 0.1) is 0 Å². The van der Waals surface area contributed by atoms with Gasteiger partial charge in [0.25, 0.3) is 0 Å². The predicted octanol–water partition coefficient (Wildman–Crippen LogP) is 6.20. The number of carbonyl (C=O) groups is 1. The van der Waals surface area contributed by atoms with Gasteiger partial charge in [-0.25, -0.2) is 8.42 Å². The molecule has 0 radical (unpaired) electrons. The number of halogens is 3. The first kappa shape index (κ1) is 24.9. The number of rotatable bonds is 8. The molecular formula is C22H19Cl3N2O3S2. The van der Waals surface area contributed by atoms with E-state index < -0.39 is 22.5 Å². The van der Waals surface area contributed by atoms with Crippen LogP contribution in [-0.2, 0) is 21.4 Å². The van der Waals surface area contributed by atoms with Crippen molar-refractivity contribution in [3.63, 3.8) is 0 Å². The first-order valence-electron chi connectivity index (χ1n) is 9.33. The second-order valence-electron chi connectivity index (χ2n) is 6.71. The SMILES string of the molecule is CSc1cccc(NC(=O)CN(Cc2c(Cl)cccc2Cl)S(=O)(=O)c2ccc(Cl)cc2)c1. The molecule has 1 amide bonds. The summed E-state index contributed by atoms with van der Waals surface area (Å²) < 4.78 is 27.8. The van der Waals surface area contributed by atoms with E-state index in [-0.39, 0.29) is 11.4 Å². The number of carbonyl (C=O) groups excluding carboxylic acids is 1. The van der Waals surface area contributed by atoms with Gasteiger partial charge in [-0.05, 0) is 60.9 Å². The zero-order valence-corrected chi connectivity index (χ0v) is 20.8. The summed E-state index contributed by atoms with van der Waals surface area (Å²) in [5.41, 5.74) is 0.979. The Hall–Kier alpha value is -1.74. The number of anilines is 1. The van der Waals surface area contributed by atoms with Gasteiger partial charge in [0, 0.05) is 37.8 Å². The van der Waals surface area contributed by atoms with Crippen LogP contribution < -0.4 is 5.32 Å². The molecule has 0 bridgehead atoms. The first-order valence-corrected chi connectivity index (χ1v) is 13.1. The van der Waals surface area contributed by atoms with Crippen LogP contribution in [0.25, 0.3) is 0 Å². The van der Waals surface area contributed by atoms with Crippen LogP contribution in [0.15, 0.2) is 76.5 Å². The number of sulfonamides is 1. The van der Waals surface area contributed by atoms with E-state index in [4.69, 9.17) is 34.8 Å². The third-order valence-electron chi connectivity index (χ3n) is 4.52. The van der Waals surface area contributed by atoms with Crippen molar-refractivity contribution in [1.82, 2.24) is 4.31 Å². The van der Waals surface area contributed by atoms with Crippen molar-refractivity contribution in [2.24, 2.45) is 0 Å². The van der Waals surface area contributed by atoms with E-state index in [2.05, 4.69) is 5.32 Å². The molecule has 0 aliphatic rings. The Morgan fingerprint density at radius 2 is 1.59 bits per heavy atom. The molecule has 0 heterocycles. The van der Waals surface area contributed by atoms with Crippen LogP contribution in [0.3, 0.4) is 0 Å². The third kappa shape index (κ3) is 6.19. The average molecular weight is 530 g/mol. The summed E-state index contributed by atoms with van der Waals surface area (Å²) in [4.78, 5) is 13.8. The second-order valence-corrected chi connectivity index (χ2v) is 10.8. The number of nitrogens with zero attached hydrogens (tertiary/aromatic N) is 1. The number of amides is 1. The van der Waals surface area contributed by atoms with Crippen molar-refractivity contribution in [2.75, 3.05) is 18.1 Å². The van der Waals surface area contributed by atoms with Crippen molar-refractivity contribution in [2.45, 2.75) is 16.3 Å². The van der Waals surface area contributed by atoms with Gasteiger partial charge >= 0.3 is 0 Å². The van der Waals surface area contributed by atoms with E-state index in [1.807, 2.05) is 24.5 Å². The van der Waals surface area contributed by atoms with Crippen LogP contribution in [0.1, 0.15) is 5.56 Å². The van der Waals surface area contributed by atoms with Crippen LogP contribution in [-0.4, -0.2) is 31.4 Å². The molecular weight excluding hydrogens is 511 g/mol. The van der Waals surface area contributed by atoms with E-state index in [1.54, 1.807) is 24.3 Å². The van der Waals surface area contributed by atoms with Crippen LogP contribution in [0.5, 0.6) is 0 Å². The van der Waals surface area contributed by atoms with E-state index >= 15 is 0 Å². The minimum atomic E-state index is -4.06. The highest BCUT2D eigenvalue weighted by atomic mass is 35.5. The van der Waals surface area contributed by atoms with Gasteiger partial charge in [-0.3, -0.25) is 4.79 Å². The van der Waals surface area contributed by atoms with Gasteiger partial charge in [0.15, 0.2) is 0 Å². The van der Waals surface area contributed by atoms with Crippen LogP contribution in [0.4, 0.5) is 5.69 Å². The highest BCUT2D eigenvalue weighted by molar-refractivity contribution is 7.98. The Morgan fingerprint density at radius 3 is 2.22 bits per heavy atom. The molecule has 1 N–H and O–H groups in total. The number of benzene rings is 3. The highest BCUT2D eigenvalue weighted by Crippen LogP contribution is 2.28. The molecule has 0 saturated carbocycles. The summed E-state index contributed by atoms with van der Waals surface area (Å²) in [6.45, 7) is -0.613. The molecule has 0 spiro atoms. The van der Waals surface area contributed by atoms with Crippen molar-refractivity contribution in [3.05, 3.63) is 87.4 Å². The fourth-order valence-electron chi connectivity index (χ4n) is 2.90. The summed E-state index contributed by atoms with van der Waals surface area (Å²) in [5, 5.41) is 3.76. The zero-order valence-electron chi connectivity index (χ0n) is 16.9. The Labute approximate surface area is 206 Å². The molecule has 0 saturated heterocycles. The minimum Gasteiger partial charge on any atom is -0.325 e. The van der Waals surface area contributed by atoms with Gasteiger partial charge in [-0.15, -0.1) is 11.8 Å². The fourth-order valence-corrected chi connectivity index (χ4v) is 5.37. The number of thioether (sulfide) groups is 1. The van der Waals surface area contributed by atoms with Gasteiger partial charge in [0.05, 0.1) is 11.4 Å². The number of hydrogen-bond acceptors (Lipinski definition) is 4. The van der Waals surface area contributed by atoms with Gasteiger partial charge in [0.2, 0.25) is 15.9 Å². The summed E-state index contributed by atoms with van der Waals surface area (Å²) in [6.07, 6.45) is 1.93. The van der Waals surface area contributed by atoms with Gasteiger partial charge < -0.3 is 5.32 Å². The lowest BCUT2D eigenvalue weighted by atomic mass is 10.2. The maximum atomic E-state index is 13.4. The van der Waals surface area contributed by atoms with Gasteiger partial charge in [-0.1, -0.05) is 46.9 Å². The summed E-state index contributed by atoms with van der Waals surface area (Å²) in [5.74, 6) is -0.496. The van der Waals surface area contributed by atoms with Crippen molar-refractivity contribution >= 4 is 68.2 Å². The molecule has 0 atom stereocenters. The van der Waals surface area contributed by atoms with E-state index in [0.29, 0.717) is 26.3 Å². The van der Waals surface area contributed by atoms with Crippen molar-refractivity contribution in [3.8, 4) is 0 Å². The average Bonchev–Trinajstić information content (AvgIpc) is 2.76. The van der Waals surface area contributed by atoms with Gasteiger partial charge in [-0.2, -0.15) is 4.31 Å². The Kier molecular flexibility index (Phi) is 8.49. The third-order valence-corrected chi connectivity index (χ3v) is 8.01. The molecule has 0 aromatic heterocycles. The molecule has 3 rings (SSSR count). The van der Waals surface area contributed by atoms with E-state index in [9.17, 15) is 13.2 Å². The van der Waals surface area contributed by atoms with Gasteiger partial charge in [0.1, 0.15) is 0 Å². The molecule has 0 aliphatic heterocycles. The summed E-state index contributed by atoms with van der Waals surface area (Å²) in [6, 6.07) is 17.9. The highest BCUT2D eigenvalue weighted by Gasteiger charge is 2.28. The zero-order chi connectivity index (χ0) is 23.3. The molecule has 0 unspecified atom stereocenters. The lowest BCUT2D eigenvalue weighted by molar-refractivity contribution is -0.116. The van der Waals surface area contributed by atoms with E-state index in [0.717, 1.165) is 9.20 Å². The fraction of sp³-hybridized carbons (Fsp3) is 0.136. The summed E-state index contributed by atoms with van der Waals surface area (Å²) >= 11 is 20.0. The van der Waals surface area contributed by atoms with E-state index in [1.165, 1.54) is 36.0 Å². The number of nitrogens with one attached hydrogen (secondary N) is 1. The van der Waals surface area contributed by atoms with Crippen LogP contribution in [0.2, 0.25) is 15.1 Å². The molecule has 0 fully saturated rings.